The number of halogens is 1. The van der Waals surface area contributed by atoms with E-state index in [1.165, 1.54) is 5.57 Å². The zero-order chi connectivity index (χ0) is 16.4. The van der Waals surface area contributed by atoms with E-state index in [4.69, 9.17) is 9.47 Å². The van der Waals surface area contributed by atoms with Gasteiger partial charge in [-0.05, 0) is 25.2 Å². The van der Waals surface area contributed by atoms with Crippen LogP contribution in [0.4, 0.5) is 0 Å². The van der Waals surface area contributed by atoms with E-state index in [2.05, 4.69) is 49.4 Å². The van der Waals surface area contributed by atoms with Gasteiger partial charge in [0.1, 0.15) is 0 Å². The molecule has 1 aliphatic rings. The average Bonchev–Trinajstić information content (AvgIpc) is 2.47. The van der Waals surface area contributed by atoms with Gasteiger partial charge in [0.25, 0.3) is 0 Å². The van der Waals surface area contributed by atoms with Crippen LogP contribution in [0.15, 0.2) is 16.6 Å². The molecule has 6 heteroatoms. The first-order chi connectivity index (χ1) is 10.5. The lowest BCUT2D eigenvalue weighted by Gasteiger charge is -2.28. The maximum Gasteiger partial charge on any atom is 0.191 e. The van der Waals surface area contributed by atoms with E-state index < -0.39 is 0 Å². The smallest absolute Gasteiger partial charge is 0.191 e. The minimum atomic E-state index is 0. The standard InChI is InChI=1S/C17H33N3O2.HI/c1-6-18-16(20-13-15(21-5)17(2,3)4)19-10-7-14-8-11-22-12-9-14;/h8,15H,6-7,9-13H2,1-5H3,(H2,18,19,20);1H. The van der Waals surface area contributed by atoms with E-state index in [9.17, 15) is 0 Å². The Kier molecular flexibility index (Phi) is 11.9. The van der Waals surface area contributed by atoms with Gasteiger partial charge in [-0.3, -0.25) is 4.99 Å². The number of nitrogens with one attached hydrogen (secondary N) is 2. The Balaban J connectivity index is 0.00000484. The van der Waals surface area contributed by atoms with Crippen LogP contribution in [0.2, 0.25) is 0 Å². The number of hydrogen-bond acceptors (Lipinski definition) is 3. The van der Waals surface area contributed by atoms with Crippen molar-refractivity contribution >= 4 is 29.9 Å². The van der Waals surface area contributed by atoms with Crippen molar-refractivity contribution in [3.05, 3.63) is 11.6 Å². The lowest BCUT2D eigenvalue weighted by Crippen LogP contribution is -2.39. The van der Waals surface area contributed by atoms with Crippen molar-refractivity contribution < 1.29 is 9.47 Å². The summed E-state index contributed by atoms with van der Waals surface area (Å²) in [6.07, 6.45) is 4.39. The summed E-state index contributed by atoms with van der Waals surface area (Å²) in [5.74, 6) is 0.862. The highest BCUT2D eigenvalue weighted by molar-refractivity contribution is 14.0. The van der Waals surface area contributed by atoms with E-state index in [1.54, 1.807) is 7.11 Å². The zero-order valence-electron chi connectivity index (χ0n) is 15.3. The predicted octanol–water partition coefficient (Wildman–Crippen LogP) is 2.96. The first kappa shape index (κ1) is 22.7. The van der Waals surface area contributed by atoms with E-state index in [0.717, 1.165) is 45.1 Å². The Hall–Kier alpha value is -0.340. The molecule has 1 atom stereocenters. The third kappa shape index (κ3) is 9.52. The number of rotatable bonds is 7. The summed E-state index contributed by atoms with van der Waals surface area (Å²) in [7, 11) is 1.75. The maximum atomic E-state index is 5.56. The van der Waals surface area contributed by atoms with Crippen molar-refractivity contribution in [1.82, 2.24) is 10.6 Å². The molecule has 2 N–H and O–H groups in total. The minimum absolute atomic E-state index is 0. The number of nitrogens with zero attached hydrogens (tertiary/aromatic N) is 1. The molecule has 0 aliphatic carbocycles. The highest BCUT2D eigenvalue weighted by Crippen LogP contribution is 2.21. The highest BCUT2D eigenvalue weighted by atomic mass is 127. The van der Waals surface area contributed by atoms with Crippen molar-refractivity contribution in [3.63, 3.8) is 0 Å². The topological polar surface area (TPSA) is 54.9 Å². The first-order valence-corrected chi connectivity index (χ1v) is 8.28. The Morgan fingerprint density at radius 1 is 1.39 bits per heavy atom. The van der Waals surface area contributed by atoms with Gasteiger partial charge in [0.05, 0.1) is 25.9 Å². The molecule has 0 saturated carbocycles. The summed E-state index contributed by atoms with van der Waals surface area (Å²) in [6, 6.07) is 0. The third-order valence-corrected chi connectivity index (χ3v) is 3.81. The van der Waals surface area contributed by atoms with Crippen LogP contribution in [0, 0.1) is 5.41 Å². The monoisotopic (exact) mass is 439 g/mol. The SMILES string of the molecule is CCNC(=NCC(OC)C(C)(C)C)NCCC1=CCOCC1.I. The fraction of sp³-hybridized carbons (Fsp3) is 0.824. The van der Waals surface area contributed by atoms with Gasteiger partial charge in [-0.15, -0.1) is 24.0 Å². The number of hydrogen-bond donors (Lipinski definition) is 2. The Morgan fingerprint density at radius 3 is 2.65 bits per heavy atom. The molecular formula is C17H34IN3O2. The molecule has 0 amide bonds. The van der Waals surface area contributed by atoms with Gasteiger partial charge >= 0.3 is 0 Å². The molecule has 5 nitrogen and oxygen atoms in total. The fourth-order valence-electron chi connectivity index (χ4n) is 2.35. The van der Waals surface area contributed by atoms with E-state index in [1.807, 2.05) is 0 Å². The van der Waals surface area contributed by atoms with Gasteiger partial charge in [-0.1, -0.05) is 32.4 Å². The fourth-order valence-corrected chi connectivity index (χ4v) is 2.35. The molecule has 0 radical (unpaired) electrons. The molecule has 1 unspecified atom stereocenters. The molecular weight excluding hydrogens is 405 g/mol. The molecule has 0 aromatic carbocycles. The number of ether oxygens (including phenoxy) is 2. The van der Waals surface area contributed by atoms with Crippen molar-refractivity contribution in [2.45, 2.75) is 46.6 Å². The van der Waals surface area contributed by atoms with Crippen LogP contribution < -0.4 is 10.6 Å². The van der Waals surface area contributed by atoms with Crippen molar-refractivity contribution in [3.8, 4) is 0 Å². The zero-order valence-corrected chi connectivity index (χ0v) is 17.6. The number of methoxy groups -OCH3 is 1. The quantitative estimate of drug-likeness (QED) is 0.277. The molecule has 0 saturated heterocycles. The van der Waals surface area contributed by atoms with Crippen molar-refractivity contribution in [2.24, 2.45) is 10.4 Å². The van der Waals surface area contributed by atoms with Crippen LogP contribution in [-0.2, 0) is 9.47 Å². The van der Waals surface area contributed by atoms with Crippen LogP contribution in [0.1, 0.15) is 40.5 Å². The maximum absolute atomic E-state index is 5.56. The largest absolute Gasteiger partial charge is 0.379 e. The average molecular weight is 439 g/mol. The van der Waals surface area contributed by atoms with Crippen LogP contribution in [0.25, 0.3) is 0 Å². The lowest BCUT2D eigenvalue weighted by molar-refractivity contribution is 0.0241. The molecule has 1 heterocycles. The van der Waals surface area contributed by atoms with Crippen LogP contribution in [-0.4, -0.2) is 52.0 Å². The molecule has 136 valence electrons. The highest BCUT2D eigenvalue weighted by Gasteiger charge is 2.24. The molecule has 1 rings (SSSR count). The van der Waals surface area contributed by atoms with E-state index >= 15 is 0 Å². The summed E-state index contributed by atoms with van der Waals surface area (Å²) in [4.78, 5) is 4.66. The molecule has 0 fully saturated rings. The second-order valence-electron chi connectivity index (χ2n) is 6.67. The number of aliphatic imine (C=N–C) groups is 1. The van der Waals surface area contributed by atoms with E-state index in [0.29, 0.717) is 6.54 Å². The summed E-state index contributed by atoms with van der Waals surface area (Å²) in [5.41, 5.74) is 1.56. The Morgan fingerprint density at radius 2 is 2.13 bits per heavy atom. The van der Waals surface area contributed by atoms with Crippen molar-refractivity contribution in [1.29, 1.82) is 0 Å². The lowest BCUT2D eigenvalue weighted by atomic mass is 9.89. The number of guanidine groups is 1. The summed E-state index contributed by atoms with van der Waals surface area (Å²) in [6.45, 7) is 12.6. The third-order valence-electron chi connectivity index (χ3n) is 3.81. The minimum Gasteiger partial charge on any atom is -0.379 e. The first-order valence-electron chi connectivity index (χ1n) is 8.28. The van der Waals surface area contributed by atoms with Gasteiger partial charge in [-0.2, -0.15) is 0 Å². The Bertz CT molecular complexity index is 379. The van der Waals surface area contributed by atoms with Gasteiger partial charge in [0, 0.05) is 20.2 Å². The second kappa shape index (κ2) is 12.1. The molecule has 0 aromatic rings. The van der Waals surface area contributed by atoms with Gasteiger partial charge in [0.15, 0.2) is 5.96 Å². The van der Waals surface area contributed by atoms with Gasteiger partial charge in [-0.25, -0.2) is 0 Å². The second-order valence-corrected chi connectivity index (χ2v) is 6.67. The summed E-state index contributed by atoms with van der Waals surface area (Å²) < 4.78 is 10.9. The van der Waals surface area contributed by atoms with Crippen LogP contribution in [0.3, 0.4) is 0 Å². The molecule has 0 bridgehead atoms. The predicted molar refractivity (Wildman–Crippen MR) is 108 cm³/mol. The summed E-state index contributed by atoms with van der Waals surface area (Å²) >= 11 is 0. The molecule has 0 spiro atoms. The van der Waals surface area contributed by atoms with Gasteiger partial charge < -0.3 is 20.1 Å². The molecule has 1 aliphatic heterocycles. The molecule has 0 aromatic heterocycles. The van der Waals surface area contributed by atoms with Gasteiger partial charge in [0.2, 0.25) is 0 Å². The van der Waals surface area contributed by atoms with Crippen LogP contribution in [0.5, 0.6) is 0 Å². The van der Waals surface area contributed by atoms with Crippen LogP contribution >= 0.6 is 24.0 Å². The van der Waals surface area contributed by atoms with Crippen molar-refractivity contribution in [2.75, 3.05) is 40.0 Å². The van der Waals surface area contributed by atoms with E-state index in [-0.39, 0.29) is 35.5 Å². The summed E-state index contributed by atoms with van der Waals surface area (Å²) in [5, 5.41) is 6.69. The normalized spacial score (nSPS) is 17.1. The Labute approximate surface area is 158 Å². The molecule has 23 heavy (non-hydrogen) atoms.